The fraction of sp³-hybridized carbons (Fsp3) is 0.450. The largest absolute Gasteiger partial charge is 0.331 e. The number of carbonyl (C=O) groups excluding carboxylic acids is 1. The highest BCUT2D eigenvalue weighted by Crippen LogP contribution is 2.30. The molecule has 0 saturated heterocycles. The van der Waals surface area contributed by atoms with Gasteiger partial charge in [0, 0.05) is 17.9 Å². The highest BCUT2D eigenvalue weighted by Gasteiger charge is 2.42. The van der Waals surface area contributed by atoms with Crippen molar-refractivity contribution in [3.63, 3.8) is 0 Å². The van der Waals surface area contributed by atoms with Crippen LogP contribution < -0.4 is 16.4 Å². The molecule has 3 aliphatic rings. The van der Waals surface area contributed by atoms with Crippen molar-refractivity contribution in [2.24, 2.45) is 21.6 Å². The molecule has 0 spiro atoms. The van der Waals surface area contributed by atoms with Crippen molar-refractivity contribution in [3.8, 4) is 0 Å². The van der Waals surface area contributed by atoms with Gasteiger partial charge in [0.2, 0.25) is 0 Å². The number of benzene rings is 1. The van der Waals surface area contributed by atoms with Gasteiger partial charge in [0.1, 0.15) is 11.0 Å². The number of aromatic amines is 1. The van der Waals surface area contributed by atoms with Gasteiger partial charge in [-0.3, -0.25) is 15.8 Å². The number of nitrogens with two attached hydrogens (primary N) is 1. The van der Waals surface area contributed by atoms with Crippen LogP contribution in [0.25, 0.3) is 11.0 Å². The summed E-state index contributed by atoms with van der Waals surface area (Å²) in [7, 11) is 0. The molecule has 10 nitrogen and oxygen atoms in total. The fourth-order valence-electron chi connectivity index (χ4n) is 4.16. The van der Waals surface area contributed by atoms with E-state index in [9.17, 15) is 4.79 Å². The maximum atomic E-state index is 13.0. The lowest BCUT2D eigenvalue weighted by Crippen LogP contribution is -2.67. The molecular formula is C20H25N9O. The molecule has 1 aromatic heterocycles. The van der Waals surface area contributed by atoms with E-state index in [2.05, 4.69) is 49.8 Å². The topological polar surface area (TPSA) is 137 Å². The molecule has 2 aliphatic heterocycles. The number of fused-ring (bicyclic) bond motifs is 2. The van der Waals surface area contributed by atoms with Crippen LogP contribution in [0, 0.1) is 5.92 Å². The lowest BCUT2D eigenvalue weighted by Gasteiger charge is -2.39. The molecule has 0 bridgehead atoms. The van der Waals surface area contributed by atoms with E-state index in [1.54, 1.807) is 6.07 Å². The van der Waals surface area contributed by atoms with Gasteiger partial charge in [-0.15, -0.1) is 0 Å². The first-order chi connectivity index (χ1) is 14.4. The first kappa shape index (κ1) is 18.7. The molecule has 156 valence electrons. The Bertz CT molecular complexity index is 1090. The minimum absolute atomic E-state index is 0.202. The van der Waals surface area contributed by atoms with E-state index in [0.29, 0.717) is 28.8 Å². The number of hydrogen-bond donors (Lipinski definition) is 4. The number of H-pyrrole nitrogens is 1. The first-order valence-corrected chi connectivity index (χ1v) is 10.3. The quantitative estimate of drug-likeness (QED) is 0.569. The summed E-state index contributed by atoms with van der Waals surface area (Å²) in [6, 6.07) is 5.74. The molecule has 5 N–H and O–H groups in total. The summed E-state index contributed by atoms with van der Waals surface area (Å²) in [5.74, 6) is -1.12. The molecule has 1 fully saturated rings. The zero-order valence-electron chi connectivity index (χ0n) is 17.0. The minimum Gasteiger partial charge on any atom is -0.331 e. The number of amidine groups is 1. The first-order valence-electron chi connectivity index (χ1n) is 10.3. The molecule has 2 aromatic rings. The lowest BCUT2D eigenvalue weighted by molar-refractivity contribution is -0.116. The van der Waals surface area contributed by atoms with Crippen LogP contribution in [-0.2, 0) is 4.79 Å². The number of allylic oxidation sites excluding steroid dienone is 1. The van der Waals surface area contributed by atoms with Crippen molar-refractivity contribution in [2.45, 2.75) is 51.5 Å². The SMILES string of the molecule is CC(C)C1=CN(C2CCCC2)C2=NC(N)(Nc3ccc4n[nH]nc4c3)NC(=O)C2=N1. The van der Waals surface area contributed by atoms with E-state index in [1.165, 1.54) is 12.8 Å². The van der Waals surface area contributed by atoms with E-state index >= 15 is 0 Å². The number of amides is 1. The van der Waals surface area contributed by atoms with Crippen molar-refractivity contribution in [3.05, 3.63) is 30.1 Å². The second-order valence-electron chi connectivity index (χ2n) is 8.32. The monoisotopic (exact) mass is 407 g/mol. The van der Waals surface area contributed by atoms with Crippen molar-refractivity contribution in [1.82, 2.24) is 25.6 Å². The number of carbonyl (C=O) groups is 1. The Labute approximate surface area is 173 Å². The molecule has 1 atom stereocenters. The molecule has 1 saturated carbocycles. The van der Waals surface area contributed by atoms with Crippen LogP contribution in [0.1, 0.15) is 39.5 Å². The molecule has 30 heavy (non-hydrogen) atoms. The third-order valence-corrected chi connectivity index (χ3v) is 5.73. The summed E-state index contributed by atoms with van der Waals surface area (Å²) < 4.78 is 0. The molecule has 1 aromatic carbocycles. The predicted octanol–water partition coefficient (Wildman–Crippen LogP) is 1.66. The van der Waals surface area contributed by atoms with Crippen LogP contribution in [0.5, 0.6) is 0 Å². The zero-order valence-corrected chi connectivity index (χ0v) is 17.0. The van der Waals surface area contributed by atoms with Crippen LogP contribution in [0.2, 0.25) is 0 Å². The van der Waals surface area contributed by atoms with Gasteiger partial charge in [-0.2, -0.15) is 15.4 Å². The standard InChI is InChI=1S/C20H25N9O/c1-11(2)16-10-29(13-5-3-4-6-13)18-17(22-16)19(30)25-20(21,24-18)23-12-7-8-14-15(9-12)27-28-26-14/h7-11,13,23H,3-6,21H2,1-2H3,(H,25,30)(H,26,27,28). The Balaban J connectivity index is 1.52. The molecule has 1 amide bonds. The van der Waals surface area contributed by atoms with Crippen molar-refractivity contribution in [1.29, 1.82) is 0 Å². The van der Waals surface area contributed by atoms with Gasteiger partial charge in [0.25, 0.3) is 11.8 Å². The van der Waals surface area contributed by atoms with E-state index < -0.39 is 5.91 Å². The van der Waals surface area contributed by atoms with Gasteiger partial charge in [0.05, 0.1) is 5.70 Å². The lowest BCUT2D eigenvalue weighted by atomic mass is 10.1. The van der Waals surface area contributed by atoms with Gasteiger partial charge < -0.3 is 10.2 Å². The van der Waals surface area contributed by atoms with Crippen LogP contribution in [0.4, 0.5) is 5.69 Å². The summed E-state index contributed by atoms with van der Waals surface area (Å²) >= 11 is 0. The third-order valence-electron chi connectivity index (χ3n) is 5.73. The fourth-order valence-corrected chi connectivity index (χ4v) is 4.16. The number of nitrogens with zero attached hydrogens (tertiary/aromatic N) is 5. The van der Waals surface area contributed by atoms with Crippen LogP contribution in [-0.4, -0.2) is 49.7 Å². The Hall–Kier alpha value is -3.27. The van der Waals surface area contributed by atoms with Crippen LogP contribution in [0.3, 0.4) is 0 Å². The number of nitrogens with one attached hydrogen (secondary N) is 3. The van der Waals surface area contributed by atoms with Crippen molar-refractivity contribution in [2.75, 3.05) is 5.32 Å². The molecule has 3 heterocycles. The van der Waals surface area contributed by atoms with Gasteiger partial charge >= 0.3 is 0 Å². The highest BCUT2D eigenvalue weighted by atomic mass is 16.2. The molecule has 10 heteroatoms. The van der Waals surface area contributed by atoms with E-state index in [0.717, 1.165) is 24.1 Å². The number of rotatable bonds is 4. The molecule has 5 rings (SSSR count). The van der Waals surface area contributed by atoms with Crippen molar-refractivity contribution >= 4 is 34.2 Å². The molecular weight excluding hydrogens is 382 g/mol. The predicted molar refractivity (Wildman–Crippen MR) is 114 cm³/mol. The second kappa shape index (κ2) is 6.91. The summed E-state index contributed by atoms with van der Waals surface area (Å²) in [4.78, 5) is 24.4. The van der Waals surface area contributed by atoms with Crippen LogP contribution >= 0.6 is 0 Å². The number of aliphatic imine (C=N–C) groups is 2. The van der Waals surface area contributed by atoms with E-state index in [4.69, 9.17) is 10.7 Å². The zero-order chi connectivity index (χ0) is 20.9. The maximum Gasteiger partial charge on any atom is 0.278 e. The molecule has 1 unspecified atom stereocenters. The Kier molecular flexibility index (Phi) is 4.31. The second-order valence-corrected chi connectivity index (χ2v) is 8.32. The summed E-state index contributed by atoms with van der Waals surface area (Å²) in [5.41, 5.74) is 9.79. The summed E-state index contributed by atoms with van der Waals surface area (Å²) in [5, 5.41) is 16.6. The van der Waals surface area contributed by atoms with Crippen molar-refractivity contribution < 1.29 is 4.79 Å². The minimum atomic E-state index is -1.50. The summed E-state index contributed by atoms with van der Waals surface area (Å²) in [6.45, 7) is 4.14. The van der Waals surface area contributed by atoms with Gasteiger partial charge in [-0.05, 0) is 37.0 Å². The average molecular weight is 407 g/mol. The highest BCUT2D eigenvalue weighted by molar-refractivity contribution is 6.67. The molecule has 1 aliphatic carbocycles. The maximum absolute atomic E-state index is 13.0. The van der Waals surface area contributed by atoms with E-state index in [1.807, 2.05) is 18.3 Å². The van der Waals surface area contributed by atoms with Crippen LogP contribution in [0.15, 0.2) is 40.1 Å². The Morgan fingerprint density at radius 1 is 1.23 bits per heavy atom. The van der Waals surface area contributed by atoms with E-state index in [-0.39, 0.29) is 11.8 Å². The van der Waals surface area contributed by atoms with Gasteiger partial charge in [-0.25, -0.2) is 9.98 Å². The third kappa shape index (κ3) is 3.22. The summed E-state index contributed by atoms with van der Waals surface area (Å²) in [6.07, 6.45) is 6.49. The smallest absolute Gasteiger partial charge is 0.278 e. The normalized spacial score (nSPS) is 24.5. The molecule has 0 radical (unpaired) electrons. The average Bonchev–Trinajstić information content (AvgIpc) is 3.38. The number of aromatic nitrogens is 3. The van der Waals surface area contributed by atoms with Gasteiger partial charge in [0.15, 0.2) is 11.5 Å². The van der Waals surface area contributed by atoms with Gasteiger partial charge in [-0.1, -0.05) is 26.7 Å². The number of hydrogen-bond acceptors (Lipinski definition) is 8. The Morgan fingerprint density at radius 3 is 2.77 bits per heavy atom. The number of anilines is 1. The Morgan fingerprint density at radius 2 is 2.00 bits per heavy atom.